The van der Waals surface area contributed by atoms with Gasteiger partial charge in [-0.1, -0.05) is 30.3 Å². The summed E-state index contributed by atoms with van der Waals surface area (Å²) in [4.78, 5) is 12.7. The van der Waals surface area contributed by atoms with Crippen molar-refractivity contribution in [3.05, 3.63) is 60.2 Å². The SMILES string of the molecule is C[C@]1(c2ccc(Oc3ccccc3)cc2)SCC[C@@H](CN)NC1=O.Cl. The number of halogens is 1. The maximum absolute atomic E-state index is 12.7. The van der Waals surface area contributed by atoms with E-state index in [1.54, 1.807) is 11.8 Å². The molecule has 4 nitrogen and oxygen atoms in total. The number of hydrogen-bond acceptors (Lipinski definition) is 4. The number of carbonyl (C=O) groups excluding carboxylic acids is 1. The summed E-state index contributed by atoms with van der Waals surface area (Å²) in [6.07, 6.45) is 0.900. The molecule has 2 atom stereocenters. The highest BCUT2D eigenvalue weighted by atomic mass is 35.5. The fourth-order valence-corrected chi connectivity index (χ4v) is 4.03. The van der Waals surface area contributed by atoms with E-state index >= 15 is 0 Å². The highest BCUT2D eigenvalue weighted by molar-refractivity contribution is 8.00. The van der Waals surface area contributed by atoms with Gasteiger partial charge in [0, 0.05) is 12.6 Å². The zero-order valence-electron chi connectivity index (χ0n) is 14.1. The lowest BCUT2D eigenvalue weighted by atomic mass is 9.98. The number of amides is 1. The summed E-state index contributed by atoms with van der Waals surface area (Å²) in [5, 5.41) is 3.06. The molecular formula is C19H23ClN2O2S. The lowest BCUT2D eigenvalue weighted by Gasteiger charge is -2.27. The Balaban J connectivity index is 0.00000225. The highest BCUT2D eigenvalue weighted by Gasteiger charge is 2.38. The molecule has 25 heavy (non-hydrogen) atoms. The van der Waals surface area contributed by atoms with Gasteiger partial charge in [-0.2, -0.15) is 0 Å². The number of nitrogens with one attached hydrogen (secondary N) is 1. The first-order chi connectivity index (χ1) is 11.6. The number of carbonyl (C=O) groups is 1. The van der Waals surface area contributed by atoms with E-state index in [0.29, 0.717) is 6.54 Å². The predicted octanol–water partition coefficient (Wildman–Crippen LogP) is 3.70. The molecule has 1 fully saturated rings. The number of para-hydroxylation sites is 1. The highest BCUT2D eigenvalue weighted by Crippen LogP contribution is 2.39. The lowest BCUT2D eigenvalue weighted by Crippen LogP contribution is -2.45. The molecule has 0 spiro atoms. The van der Waals surface area contributed by atoms with E-state index in [4.69, 9.17) is 10.5 Å². The maximum Gasteiger partial charge on any atom is 0.240 e. The Bertz CT molecular complexity index is 696. The van der Waals surface area contributed by atoms with Gasteiger partial charge in [0.05, 0.1) is 0 Å². The van der Waals surface area contributed by atoms with Crippen LogP contribution < -0.4 is 15.8 Å². The molecule has 1 amide bonds. The Kier molecular flexibility index (Phi) is 6.76. The summed E-state index contributed by atoms with van der Waals surface area (Å²) in [5.74, 6) is 2.48. The average molecular weight is 379 g/mol. The Morgan fingerprint density at radius 1 is 1.16 bits per heavy atom. The van der Waals surface area contributed by atoms with Crippen LogP contribution in [0.3, 0.4) is 0 Å². The van der Waals surface area contributed by atoms with E-state index in [1.165, 1.54) is 0 Å². The lowest BCUT2D eigenvalue weighted by molar-refractivity contribution is -0.123. The van der Waals surface area contributed by atoms with Gasteiger partial charge >= 0.3 is 0 Å². The number of rotatable bonds is 4. The first kappa shape index (κ1) is 19.6. The Morgan fingerprint density at radius 3 is 2.44 bits per heavy atom. The standard InChI is InChI=1S/C19H22N2O2S.ClH/c1-19(18(22)21-15(13-20)11-12-24-19)14-7-9-17(10-8-14)23-16-5-3-2-4-6-16;/h2-10,15H,11-13,20H2,1H3,(H,21,22);1H/t15-,19+;/m0./s1. The molecule has 1 heterocycles. The fourth-order valence-electron chi connectivity index (χ4n) is 2.72. The van der Waals surface area contributed by atoms with Crippen molar-refractivity contribution in [2.45, 2.75) is 24.1 Å². The van der Waals surface area contributed by atoms with E-state index in [1.807, 2.05) is 61.5 Å². The van der Waals surface area contributed by atoms with Gasteiger partial charge < -0.3 is 15.8 Å². The minimum absolute atomic E-state index is 0. The topological polar surface area (TPSA) is 64.3 Å². The summed E-state index contributed by atoms with van der Waals surface area (Å²) in [5.41, 5.74) is 6.69. The second kappa shape index (κ2) is 8.61. The molecule has 0 aliphatic carbocycles. The van der Waals surface area contributed by atoms with Crippen molar-refractivity contribution >= 4 is 30.1 Å². The van der Waals surface area contributed by atoms with Gasteiger partial charge in [0.15, 0.2) is 0 Å². The minimum Gasteiger partial charge on any atom is -0.457 e. The third kappa shape index (κ3) is 4.48. The molecule has 3 N–H and O–H groups in total. The van der Waals surface area contributed by atoms with Gasteiger partial charge in [-0.3, -0.25) is 4.79 Å². The summed E-state index contributed by atoms with van der Waals surface area (Å²) in [7, 11) is 0. The van der Waals surface area contributed by atoms with Crippen molar-refractivity contribution in [1.82, 2.24) is 5.32 Å². The van der Waals surface area contributed by atoms with Gasteiger partial charge in [0.1, 0.15) is 16.2 Å². The molecule has 134 valence electrons. The largest absolute Gasteiger partial charge is 0.457 e. The molecule has 1 aliphatic rings. The molecular weight excluding hydrogens is 356 g/mol. The molecule has 2 aromatic carbocycles. The molecule has 1 saturated heterocycles. The maximum atomic E-state index is 12.7. The number of benzene rings is 2. The summed E-state index contributed by atoms with van der Waals surface area (Å²) in [6.45, 7) is 2.45. The van der Waals surface area contributed by atoms with E-state index < -0.39 is 4.75 Å². The Hall–Kier alpha value is -1.69. The molecule has 0 bridgehead atoms. The Labute approximate surface area is 158 Å². The van der Waals surface area contributed by atoms with Gasteiger partial charge in [0.2, 0.25) is 5.91 Å². The zero-order valence-corrected chi connectivity index (χ0v) is 15.7. The molecule has 2 aromatic rings. The fraction of sp³-hybridized carbons (Fsp3) is 0.316. The summed E-state index contributed by atoms with van der Waals surface area (Å²) < 4.78 is 5.21. The van der Waals surface area contributed by atoms with Gasteiger partial charge in [0.25, 0.3) is 0 Å². The van der Waals surface area contributed by atoms with Crippen LogP contribution in [0.4, 0.5) is 0 Å². The Morgan fingerprint density at radius 2 is 1.80 bits per heavy atom. The van der Waals surface area contributed by atoms with Crippen molar-refractivity contribution in [2.24, 2.45) is 5.73 Å². The average Bonchev–Trinajstić information content (AvgIpc) is 2.76. The number of hydrogen-bond donors (Lipinski definition) is 2. The number of thioether (sulfide) groups is 1. The molecule has 0 saturated carbocycles. The monoisotopic (exact) mass is 378 g/mol. The third-order valence-corrected chi connectivity index (χ3v) is 5.73. The molecule has 6 heteroatoms. The van der Waals surface area contributed by atoms with Crippen LogP contribution in [0.5, 0.6) is 11.5 Å². The zero-order chi connectivity index (χ0) is 17.0. The molecule has 3 rings (SSSR count). The van der Waals surface area contributed by atoms with Crippen molar-refractivity contribution < 1.29 is 9.53 Å². The van der Waals surface area contributed by atoms with Crippen LogP contribution in [0, 0.1) is 0 Å². The van der Waals surface area contributed by atoms with Crippen LogP contribution in [0.2, 0.25) is 0 Å². The van der Waals surface area contributed by atoms with Gasteiger partial charge in [-0.05, 0) is 48.9 Å². The first-order valence-electron chi connectivity index (χ1n) is 8.10. The van der Waals surface area contributed by atoms with Crippen molar-refractivity contribution in [3.63, 3.8) is 0 Å². The van der Waals surface area contributed by atoms with Crippen molar-refractivity contribution in [1.29, 1.82) is 0 Å². The van der Waals surface area contributed by atoms with Crippen molar-refractivity contribution in [3.8, 4) is 11.5 Å². The first-order valence-corrected chi connectivity index (χ1v) is 9.09. The quantitative estimate of drug-likeness (QED) is 0.851. The second-order valence-electron chi connectivity index (χ2n) is 6.02. The molecule has 1 aliphatic heterocycles. The minimum atomic E-state index is -0.602. The summed E-state index contributed by atoms with van der Waals surface area (Å²) >= 11 is 1.67. The normalized spacial score (nSPS) is 23.1. The van der Waals surface area contributed by atoms with Crippen LogP contribution in [-0.4, -0.2) is 24.2 Å². The molecule has 0 aromatic heterocycles. The van der Waals surface area contributed by atoms with E-state index in [0.717, 1.165) is 29.2 Å². The van der Waals surface area contributed by atoms with Crippen LogP contribution >= 0.6 is 24.2 Å². The molecule has 0 unspecified atom stereocenters. The van der Waals surface area contributed by atoms with E-state index in [2.05, 4.69) is 5.32 Å². The van der Waals surface area contributed by atoms with Crippen LogP contribution in [-0.2, 0) is 9.54 Å². The second-order valence-corrected chi connectivity index (χ2v) is 7.53. The number of ether oxygens (including phenoxy) is 1. The number of nitrogens with two attached hydrogens (primary N) is 1. The third-order valence-electron chi connectivity index (χ3n) is 4.29. The smallest absolute Gasteiger partial charge is 0.240 e. The van der Waals surface area contributed by atoms with Crippen LogP contribution in [0.1, 0.15) is 18.9 Å². The van der Waals surface area contributed by atoms with Crippen LogP contribution in [0.25, 0.3) is 0 Å². The predicted molar refractivity (Wildman–Crippen MR) is 106 cm³/mol. The summed E-state index contributed by atoms with van der Waals surface area (Å²) in [6, 6.07) is 17.5. The van der Waals surface area contributed by atoms with Gasteiger partial charge in [-0.25, -0.2) is 0 Å². The van der Waals surface area contributed by atoms with Gasteiger partial charge in [-0.15, -0.1) is 24.2 Å². The van der Waals surface area contributed by atoms with E-state index in [9.17, 15) is 4.79 Å². The molecule has 0 radical (unpaired) electrons. The van der Waals surface area contributed by atoms with Crippen molar-refractivity contribution in [2.75, 3.05) is 12.3 Å². The van der Waals surface area contributed by atoms with Crippen LogP contribution in [0.15, 0.2) is 54.6 Å². The van der Waals surface area contributed by atoms with E-state index in [-0.39, 0.29) is 24.4 Å².